The first kappa shape index (κ1) is 16.9. The summed E-state index contributed by atoms with van der Waals surface area (Å²) >= 11 is 1.30. The largest absolute Gasteiger partial charge is 0.461 e. The van der Waals surface area contributed by atoms with Crippen LogP contribution in [-0.4, -0.2) is 56.7 Å². The van der Waals surface area contributed by atoms with Crippen molar-refractivity contribution in [3.8, 4) is 0 Å². The predicted molar refractivity (Wildman–Crippen MR) is 78.8 cm³/mol. The van der Waals surface area contributed by atoms with Gasteiger partial charge in [-0.05, 0) is 13.8 Å². The molecule has 1 aromatic rings. The van der Waals surface area contributed by atoms with Gasteiger partial charge in [-0.15, -0.1) is 11.3 Å². The molecule has 1 rings (SSSR count). The van der Waals surface area contributed by atoms with E-state index < -0.39 is 16.0 Å². The first-order chi connectivity index (χ1) is 9.27. The predicted octanol–water partition coefficient (Wildman–Crippen LogP) is 0.932. The zero-order valence-corrected chi connectivity index (χ0v) is 13.6. The smallest absolute Gasteiger partial charge is 0.358 e. The molecule has 0 saturated carbocycles. The lowest BCUT2D eigenvalue weighted by molar-refractivity contribution is 0.0519. The second kappa shape index (κ2) is 7.00. The Labute approximate surface area is 123 Å². The van der Waals surface area contributed by atoms with E-state index in [1.165, 1.54) is 29.7 Å². The summed E-state index contributed by atoms with van der Waals surface area (Å²) in [6.45, 7) is 4.02. The molecule has 114 valence electrons. The highest BCUT2D eigenvalue weighted by molar-refractivity contribution is 7.89. The summed E-state index contributed by atoms with van der Waals surface area (Å²) < 4.78 is 29.2. The molecule has 1 aromatic heterocycles. The van der Waals surface area contributed by atoms with Gasteiger partial charge in [-0.1, -0.05) is 0 Å². The Kier molecular flexibility index (Phi) is 5.90. The molecule has 20 heavy (non-hydrogen) atoms. The highest BCUT2D eigenvalue weighted by Gasteiger charge is 2.17. The normalized spacial score (nSPS) is 11.7. The van der Waals surface area contributed by atoms with E-state index in [9.17, 15) is 13.2 Å². The molecule has 0 amide bonds. The molecule has 0 aromatic carbocycles. The second-order valence-corrected chi connectivity index (χ2v) is 7.68. The SMILES string of the molecule is CCOC(=O)c1nc(NCCS(=O)(=O)N(C)C)sc1C. The summed E-state index contributed by atoms with van der Waals surface area (Å²) in [6.07, 6.45) is 0. The number of carbonyl (C=O) groups is 1. The van der Waals surface area contributed by atoms with Gasteiger partial charge in [0.15, 0.2) is 10.8 Å². The minimum Gasteiger partial charge on any atom is -0.461 e. The van der Waals surface area contributed by atoms with Crippen molar-refractivity contribution in [3.63, 3.8) is 0 Å². The number of aryl methyl sites for hydroxylation is 1. The molecule has 0 atom stereocenters. The molecule has 0 bridgehead atoms. The Balaban J connectivity index is 2.63. The monoisotopic (exact) mass is 321 g/mol. The zero-order chi connectivity index (χ0) is 15.3. The number of sulfonamides is 1. The topological polar surface area (TPSA) is 88.6 Å². The average molecular weight is 321 g/mol. The van der Waals surface area contributed by atoms with E-state index >= 15 is 0 Å². The summed E-state index contributed by atoms with van der Waals surface area (Å²) in [5.74, 6) is -0.497. The van der Waals surface area contributed by atoms with Crippen LogP contribution in [0.4, 0.5) is 5.13 Å². The van der Waals surface area contributed by atoms with Crippen molar-refractivity contribution in [2.45, 2.75) is 13.8 Å². The van der Waals surface area contributed by atoms with Gasteiger partial charge in [-0.3, -0.25) is 0 Å². The number of ether oxygens (including phenoxy) is 1. The van der Waals surface area contributed by atoms with Crippen LogP contribution in [0.5, 0.6) is 0 Å². The Morgan fingerprint density at radius 1 is 1.45 bits per heavy atom. The number of hydrogen-bond donors (Lipinski definition) is 1. The van der Waals surface area contributed by atoms with Gasteiger partial charge in [0.1, 0.15) is 0 Å². The fraction of sp³-hybridized carbons (Fsp3) is 0.636. The van der Waals surface area contributed by atoms with E-state index in [4.69, 9.17) is 4.74 Å². The van der Waals surface area contributed by atoms with Gasteiger partial charge in [-0.2, -0.15) is 0 Å². The molecule has 0 unspecified atom stereocenters. The second-order valence-electron chi connectivity index (χ2n) is 4.17. The molecule has 0 spiro atoms. The molecular formula is C11H19N3O4S2. The van der Waals surface area contributed by atoms with Crippen molar-refractivity contribution in [2.75, 3.05) is 38.3 Å². The standard InChI is InChI=1S/C11H19N3O4S2/c1-5-18-10(15)9-8(2)19-11(13-9)12-6-7-20(16,17)14(3)4/h5-7H2,1-4H3,(H,12,13). The molecular weight excluding hydrogens is 302 g/mol. The summed E-state index contributed by atoms with van der Waals surface area (Å²) in [5.41, 5.74) is 0.273. The van der Waals surface area contributed by atoms with Crippen molar-refractivity contribution < 1.29 is 17.9 Å². The minimum atomic E-state index is -3.24. The number of rotatable bonds is 7. The van der Waals surface area contributed by atoms with Gasteiger partial charge in [0.2, 0.25) is 10.0 Å². The van der Waals surface area contributed by atoms with Crippen molar-refractivity contribution in [1.82, 2.24) is 9.29 Å². The van der Waals surface area contributed by atoms with Crippen LogP contribution in [0, 0.1) is 6.92 Å². The Morgan fingerprint density at radius 3 is 2.65 bits per heavy atom. The van der Waals surface area contributed by atoms with E-state index in [1.807, 2.05) is 0 Å². The van der Waals surface area contributed by atoms with Gasteiger partial charge in [0.05, 0.1) is 12.4 Å². The van der Waals surface area contributed by atoms with Crippen molar-refractivity contribution in [1.29, 1.82) is 0 Å². The maximum atomic E-state index is 11.6. The van der Waals surface area contributed by atoms with Crippen LogP contribution in [-0.2, 0) is 14.8 Å². The van der Waals surface area contributed by atoms with E-state index in [1.54, 1.807) is 13.8 Å². The highest BCUT2D eigenvalue weighted by atomic mass is 32.2. The average Bonchev–Trinajstić information content (AvgIpc) is 2.70. The number of aromatic nitrogens is 1. The summed E-state index contributed by atoms with van der Waals surface area (Å²) in [5, 5.41) is 3.42. The maximum Gasteiger partial charge on any atom is 0.358 e. The quantitative estimate of drug-likeness (QED) is 0.752. The van der Waals surface area contributed by atoms with Crippen LogP contribution in [0.3, 0.4) is 0 Å². The van der Waals surface area contributed by atoms with E-state index in [0.717, 1.165) is 4.88 Å². The molecule has 0 radical (unpaired) electrons. The molecule has 7 nitrogen and oxygen atoms in total. The van der Waals surface area contributed by atoms with E-state index in [2.05, 4.69) is 10.3 Å². The summed E-state index contributed by atoms with van der Waals surface area (Å²) in [4.78, 5) is 16.4. The van der Waals surface area contributed by atoms with Crippen LogP contribution >= 0.6 is 11.3 Å². The third-order valence-corrected chi connectivity index (χ3v) is 5.22. The molecule has 1 N–H and O–H groups in total. The molecule has 0 aliphatic carbocycles. The first-order valence-electron chi connectivity index (χ1n) is 6.06. The fourth-order valence-corrected chi connectivity index (χ4v) is 2.88. The third kappa shape index (κ3) is 4.43. The number of thiazole rings is 1. The van der Waals surface area contributed by atoms with E-state index in [-0.39, 0.29) is 18.0 Å². The van der Waals surface area contributed by atoms with Crippen molar-refractivity contribution in [2.24, 2.45) is 0 Å². The fourth-order valence-electron chi connectivity index (χ4n) is 1.33. The first-order valence-corrected chi connectivity index (χ1v) is 8.49. The van der Waals surface area contributed by atoms with Crippen LogP contribution < -0.4 is 5.32 Å². The Bertz CT molecular complexity index is 566. The Hall–Kier alpha value is -1.19. The Morgan fingerprint density at radius 2 is 2.10 bits per heavy atom. The minimum absolute atomic E-state index is 0.0344. The van der Waals surface area contributed by atoms with Gasteiger partial charge >= 0.3 is 5.97 Å². The molecule has 0 aliphatic heterocycles. The summed E-state index contributed by atoms with van der Waals surface area (Å²) in [7, 11) is -0.265. The van der Waals surface area contributed by atoms with Crippen molar-refractivity contribution in [3.05, 3.63) is 10.6 Å². The van der Waals surface area contributed by atoms with Gasteiger partial charge < -0.3 is 10.1 Å². The van der Waals surface area contributed by atoms with Crippen molar-refractivity contribution >= 4 is 32.5 Å². The lowest BCUT2D eigenvalue weighted by Crippen LogP contribution is -2.28. The van der Waals surface area contributed by atoms with Gasteiger partial charge in [0.25, 0.3) is 0 Å². The number of carbonyl (C=O) groups excluding carboxylic acids is 1. The number of nitrogens with zero attached hydrogens (tertiary/aromatic N) is 2. The molecule has 0 saturated heterocycles. The molecule has 1 heterocycles. The number of hydrogen-bond acceptors (Lipinski definition) is 7. The van der Waals surface area contributed by atoms with Gasteiger partial charge in [-0.25, -0.2) is 22.5 Å². The maximum absolute atomic E-state index is 11.6. The van der Waals surface area contributed by atoms with Gasteiger partial charge in [0, 0.05) is 25.5 Å². The van der Waals surface area contributed by atoms with Crippen LogP contribution in [0.15, 0.2) is 0 Å². The number of nitrogens with one attached hydrogen (secondary N) is 1. The number of anilines is 1. The van der Waals surface area contributed by atoms with Crippen LogP contribution in [0.1, 0.15) is 22.3 Å². The van der Waals surface area contributed by atoms with E-state index in [0.29, 0.717) is 11.7 Å². The third-order valence-electron chi connectivity index (χ3n) is 2.46. The van der Waals surface area contributed by atoms with Crippen LogP contribution in [0.25, 0.3) is 0 Å². The lowest BCUT2D eigenvalue weighted by atomic mass is 10.4. The molecule has 9 heteroatoms. The molecule has 0 fully saturated rings. The molecule has 0 aliphatic rings. The number of esters is 1. The lowest BCUT2D eigenvalue weighted by Gasteiger charge is -2.10. The zero-order valence-electron chi connectivity index (χ0n) is 12.0. The van der Waals surface area contributed by atoms with Crippen LogP contribution in [0.2, 0.25) is 0 Å². The summed E-state index contributed by atoms with van der Waals surface area (Å²) in [6, 6.07) is 0. The highest BCUT2D eigenvalue weighted by Crippen LogP contribution is 2.22.